The van der Waals surface area contributed by atoms with Gasteiger partial charge in [-0.25, -0.2) is 0 Å². The second kappa shape index (κ2) is 6.53. The highest BCUT2D eigenvalue weighted by Gasteiger charge is 2.10. The molecule has 1 aromatic carbocycles. The van der Waals surface area contributed by atoms with Crippen molar-refractivity contribution in [2.75, 3.05) is 5.75 Å². The molecule has 5 nitrogen and oxygen atoms in total. The van der Waals surface area contributed by atoms with Crippen molar-refractivity contribution in [2.45, 2.75) is 17.4 Å². The van der Waals surface area contributed by atoms with Crippen molar-refractivity contribution >= 4 is 11.8 Å². The molecule has 2 rings (SSSR count). The van der Waals surface area contributed by atoms with Crippen molar-refractivity contribution in [3.8, 4) is 0 Å². The molecule has 0 bridgehead atoms. The van der Waals surface area contributed by atoms with Crippen LogP contribution in [0.15, 0.2) is 41.4 Å². The van der Waals surface area contributed by atoms with Gasteiger partial charge in [-0.15, -0.1) is 16.9 Å². The summed E-state index contributed by atoms with van der Waals surface area (Å²) in [6, 6.07) is 10.5. The van der Waals surface area contributed by atoms with Gasteiger partial charge in [0.1, 0.15) is 0 Å². The SMILES string of the molecule is Cn1cc(CC(CSc2ccccc2)NN)nn1. The standard InChI is InChI=1S/C12H17N5S/c1-17-8-10(15-16-17)7-11(14-13)9-18-12-5-3-2-4-6-12/h2-6,8,11,14H,7,9,13H2,1H3. The first-order chi connectivity index (χ1) is 8.78. The Balaban J connectivity index is 1.86. The maximum Gasteiger partial charge on any atom is 0.0843 e. The van der Waals surface area contributed by atoms with Crippen molar-refractivity contribution in [1.82, 2.24) is 20.4 Å². The highest BCUT2D eigenvalue weighted by atomic mass is 32.2. The topological polar surface area (TPSA) is 68.8 Å². The maximum atomic E-state index is 5.57. The molecule has 0 aliphatic heterocycles. The van der Waals surface area contributed by atoms with Crippen LogP contribution >= 0.6 is 11.8 Å². The van der Waals surface area contributed by atoms with Gasteiger partial charge in [-0.3, -0.25) is 16.0 Å². The molecule has 1 unspecified atom stereocenters. The lowest BCUT2D eigenvalue weighted by Crippen LogP contribution is -2.38. The average Bonchev–Trinajstić information content (AvgIpc) is 2.81. The van der Waals surface area contributed by atoms with E-state index in [0.717, 1.165) is 17.9 Å². The van der Waals surface area contributed by atoms with Crippen LogP contribution in [-0.4, -0.2) is 26.8 Å². The third kappa shape index (κ3) is 3.83. The molecule has 96 valence electrons. The highest BCUT2D eigenvalue weighted by Crippen LogP contribution is 2.18. The number of hydrogen-bond acceptors (Lipinski definition) is 5. The number of benzene rings is 1. The molecule has 0 saturated heterocycles. The summed E-state index contributed by atoms with van der Waals surface area (Å²) in [6.07, 6.45) is 2.70. The molecule has 0 fully saturated rings. The van der Waals surface area contributed by atoms with Gasteiger partial charge in [-0.1, -0.05) is 23.4 Å². The quantitative estimate of drug-likeness (QED) is 0.462. The van der Waals surface area contributed by atoms with Gasteiger partial charge in [0.25, 0.3) is 0 Å². The number of hydrogen-bond donors (Lipinski definition) is 2. The molecule has 18 heavy (non-hydrogen) atoms. The van der Waals surface area contributed by atoms with Crippen LogP contribution in [0, 0.1) is 0 Å². The molecule has 0 aliphatic carbocycles. The first-order valence-electron chi connectivity index (χ1n) is 5.77. The number of nitrogens with one attached hydrogen (secondary N) is 1. The molecule has 1 aromatic heterocycles. The molecule has 3 N–H and O–H groups in total. The number of nitrogens with two attached hydrogens (primary N) is 1. The number of thioether (sulfide) groups is 1. The monoisotopic (exact) mass is 263 g/mol. The van der Waals surface area contributed by atoms with Gasteiger partial charge in [0.2, 0.25) is 0 Å². The maximum absolute atomic E-state index is 5.57. The summed E-state index contributed by atoms with van der Waals surface area (Å²) in [7, 11) is 1.86. The van der Waals surface area contributed by atoms with E-state index in [9.17, 15) is 0 Å². The molecule has 6 heteroatoms. The predicted molar refractivity (Wildman–Crippen MR) is 73.0 cm³/mol. The number of aromatic nitrogens is 3. The largest absolute Gasteiger partial charge is 0.271 e. The van der Waals surface area contributed by atoms with Crippen LogP contribution in [0.5, 0.6) is 0 Å². The van der Waals surface area contributed by atoms with E-state index >= 15 is 0 Å². The number of rotatable bonds is 6. The van der Waals surface area contributed by atoms with Gasteiger partial charge in [0, 0.05) is 36.4 Å². The molecule has 0 spiro atoms. The zero-order chi connectivity index (χ0) is 12.8. The number of aryl methyl sites for hydroxylation is 1. The van der Waals surface area contributed by atoms with Crippen molar-refractivity contribution in [1.29, 1.82) is 0 Å². The molecule has 1 atom stereocenters. The fourth-order valence-electron chi connectivity index (χ4n) is 1.62. The fraction of sp³-hybridized carbons (Fsp3) is 0.333. The Bertz CT molecular complexity index is 470. The van der Waals surface area contributed by atoms with Gasteiger partial charge < -0.3 is 0 Å². The second-order valence-electron chi connectivity index (χ2n) is 4.08. The minimum atomic E-state index is 0.187. The van der Waals surface area contributed by atoms with Gasteiger partial charge in [-0.2, -0.15) is 0 Å². The molecular formula is C12H17N5S. The van der Waals surface area contributed by atoms with Gasteiger partial charge in [0.05, 0.1) is 5.69 Å². The molecule has 1 heterocycles. The van der Waals surface area contributed by atoms with Crippen LogP contribution in [-0.2, 0) is 13.5 Å². The lowest BCUT2D eigenvalue weighted by atomic mass is 10.2. The summed E-state index contributed by atoms with van der Waals surface area (Å²) < 4.78 is 1.70. The Hall–Kier alpha value is -1.37. The van der Waals surface area contributed by atoms with Crippen molar-refractivity contribution in [3.05, 3.63) is 42.2 Å². The van der Waals surface area contributed by atoms with Crippen molar-refractivity contribution in [2.24, 2.45) is 12.9 Å². The molecule has 2 aromatic rings. The lowest BCUT2D eigenvalue weighted by Gasteiger charge is -2.13. The van der Waals surface area contributed by atoms with Crippen molar-refractivity contribution < 1.29 is 0 Å². The van der Waals surface area contributed by atoms with Gasteiger partial charge in [0.15, 0.2) is 0 Å². The van der Waals surface area contributed by atoms with Crippen LogP contribution in [0.1, 0.15) is 5.69 Å². The van der Waals surface area contributed by atoms with Crippen LogP contribution < -0.4 is 11.3 Å². The smallest absolute Gasteiger partial charge is 0.0843 e. The average molecular weight is 263 g/mol. The van der Waals surface area contributed by atoms with E-state index in [0.29, 0.717) is 0 Å². The zero-order valence-electron chi connectivity index (χ0n) is 10.3. The summed E-state index contributed by atoms with van der Waals surface area (Å²) in [5, 5.41) is 7.98. The molecular weight excluding hydrogens is 246 g/mol. The van der Waals surface area contributed by atoms with E-state index in [1.165, 1.54) is 4.90 Å². The number of nitrogens with zero attached hydrogens (tertiary/aromatic N) is 3. The molecule has 0 saturated carbocycles. The number of hydrazine groups is 1. The Labute approximate surface area is 111 Å². The normalized spacial score (nSPS) is 12.6. The molecule has 0 amide bonds. The van der Waals surface area contributed by atoms with Crippen LogP contribution in [0.3, 0.4) is 0 Å². The first-order valence-corrected chi connectivity index (χ1v) is 6.75. The van der Waals surface area contributed by atoms with Crippen molar-refractivity contribution in [3.63, 3.8) is 0 Å². The van der Waals surface area contributed by atoms with Gasteiger partial charge in [-0.05, 0) is 12.1 Å². The third-order valence-electron chi connectivity index (χ3n) is 2.54. The minimum Gasteiger partial charge on any atom is -0.271 e. The van der Waals surface area contributed by atoms with E-state index in [2.05, 4.69) is 27.9 Å². The predicted octanol–water partition coefficient (Wildman–Crippen LogP) is 0.982. The fourth-order valence-corrected chi connectivity index (χ4v) is 2.58. The van der Waals surface area contributed by atoms with E-state index in [1.807, 2.05) is 31.4 Å². The molecule has 0 radical (unpaired) electrons. The van der Waals surface area contributed by atoms with Crippen LogP contribution in [0.25, 0.3) is 0 Å². The summed E-state index contributed by atoms with van der Waals surface area (Å²) in [6.45, 7) is 0. The van der Waals surface area contributed by atoms with E-state index in [1.54, 1.807) is 16.4 Å². The second-order valence-corrected chi connectivity index (χ2v) is 5.17. The van der Waals surface area contributed by atoms with Crippen LogP contribution in [0.2, 0.25) is 0 Å². The Morgan fingerprint density at radius 2 is 2.17 bits per heavy atom. The minimum absolute atomic E-state index is 0.187. The third-order valence-corrected chi connectivity index (χ3v) is 3.71. The summed E-state index contributed by atoms with van der Waals surface area (Å²) in [5.41, 5.74) is 3.79. The zero-order valence-corrected chi connectivity index (χ0v) is 11.1. The Morgan fingerprint density at radius 1 is 1.39 bits per heavy atom. The van der Waals surface area contributed by atoms with E-state index < -0.39 is 0 Å². The molecule has 0 aliphatic rings. The van der Waals surface area contributed by atoms with E-state index in [-0.39, 0.29) is 6.04 Å². The summed E-state index contributed by atoms with van der Waals surface area (Å²) in [5.74, 6) is 6.47. The van der Waals surface area contributed by atoms with Crippen LogP contribution in [0.4, 0.5) is 0 Å². The first kappa shape index (κ1) is 13.1. The lowest BCUT2D eigenvalue weighted by molar-refractivity contribution is 0.568. The Morgan fingerprint density at radius 3 is 2.78 bits per heavy atom. The van der Waals surface area contributed by atoms with E-state index in [4.69, 9.17) is 5.84 Å². The Kier molecular flexibility index (Phi) is 4.74. The summed E-state index contributed by atoms with van der Waals surface area (Å²) in [4.78, 5) is 1.25. The highest BCUT2D eigenvalue weighted by molar-refractivity contribution is 7.99. The summed E-state index contributed by atoms with van der Waals surface area (Å²) >= 11 is 1.78. The van der Waals surface area contributed by atoms with Gasteiger partial charge >= 0.3 is 0 Å².